The van der Waals surface area contributed by atoms with E-state index in [4.69, 9.17) is 9.90 Å². The number of rotatable bonds is 3. The van der Waals surface area contributed by atoms with E-state index in [0.717, 1.165) is 31.5 Å². The molecule has 1 aliphatic carbocycles. The number of carboxylic acids is 1. The van der Waals surface area contributed by atoms with Crippen molar-refractivity contribution < 1.29 is 27.9 Å². The molecule has 0 bridgehead atoms. The Kier molecular flexibility index (Phi) is 6.37. The molecule has 0 saturated carbocycles. The van der Waals surface area contributed by atoms with Crippen molar-refractivity contribution in [1.29, 1.82) is 0 Å². The lowest BCUT2D eigenvalue weighted by Crippen LogP contribution is -2.42. The summed E-state index contributed by atoms with van der Waals surface area (Å²) in [6, 6.07) is 21.5. The molecule has 2 aliphatic rings. The van der Waals surface area contributed by atoms with Crippen LogP contribution in [0.2, 0.25) is 0 Å². The molecule has 2 N–H and O–H groups in total. The molecule has 0 saturated heterocycles. The summed E-state index contributed by atoms with van der Waals surface area (Å²) < 4.78 is 31.7. The lowest BCUT2D eigenvalue weighted by Gasteiger charge is -2.30. The molecule has 172 valence electrons. The number of amides is 1. The summed E-state index contributed by atoms with van der Waals surface area (Å²) in [7, 11) is 0. The number of anilines is 1. The van der Waals surface area contributed by atoms with E-state index in [1.165, 1.54) is 27.5 Å². The van der Waals surface area contributed by atoms with Crippen LogP contribution in [-0.4, -0.2) is 36.2 Å². The van der Waals surface area contributed by atoms with Crippen molar-refractivity contribution in [2.24, 2.45) is 0 Å². The van der Waals surface area contributed by atoms with Crippen LogP contribution in [0.15, 0.2) is 60.7 Å². The predicted molar refractivity (Wildman–Crippen MR) is 119 cm³/mol. The third-order valence-corrected chi connectivity index (χ3v) is 5.98. The van der Waals surface area contributed by atoms with Gasteiger partial charge < -0.3 is 15.3 Å². The highest BCUT2D eigenvalue weighted by molar-refractivity contribution is 5.96. The number of para-hydroxylation sites is 1. The van der Waals surface area contributed by atoms with Gasteiger partial charge in [0.2, 0.25) is 5.91 Å². The highest BCUT2D eigenvalue weighted by Gasteiger charge is 2.38. The van der Waals surface area contributed by atoms with Crippen LogP contribution in [0.1, 0.15) is 29.2 Å². The van der Waals surface area contributed by atoms with Crippen LogP contribution in [0.4, 0.5) is 18.9 Å². The number of aliphatic carboxylic acids is 1. The van der Waals surface area contributed by atoms with E-state index in [1.807, 2.05) is 11.0 Å². The molecule has 1 amide bonds. The fraction of sp³-hybridized carbons (Fsp3) is 0.280. The maximum absolute atomic E-state index is 12.9. The Morgan fingerprint density at radius 1 is 1.00 bits per heavy atom. The van der Waals surface area contributed by atoms with Gasteiger partial charge in [-0.15, -0.1) is 0 Å². The fourth-order valence-corrected chi connectivity index (χ4v) is 4.52. The second-order valence-electron chi connectivity index (χ2n) is 8.08. The Hall–Kier alpha value is -3.39. The molecule has 0 radical (unpaired) electrons. The largest absolute Gasteiger partial charge is 0.490 e. The van der Waals surface area contributed by atoms with Gasteiger partial charge in [-0.3, -0.25) is 4.79 Å². The molecule has 0 fully saturated rings. The Balaban J connectivity index is 0.000000325. The molecule has 3 aromatic rings. The third-order valence-electron chi connectivity index (χ3n) is 5.98. The molecule has 8 heteroatoms. The van der Waals surface area contributed by atoms with Gasteiger partial charge in [-0.2, -0.15) is 13.2 Å². The number of aryl methyl sites for hydroxylation is 1. The van der Waals surface area contributed by atoms with Crippen LogP contribution in [0.3, 0.4) is 0 Å². The Labute approximate surface area is 188 Å². The van der Waals surface area contributed by atoms with Gasteiger partial charge in [-0.05, 0) is 52.8 Å². The zero-order chi connectivity index (χ0) is 23.6. The van der Waals surface area contributed by atoms with Crippen molar-refractivity contribution in [3.8, 4) is 0 Å². The highest BCUT2D eigenvalue weighted by atomic mass is 19.4. The van der Waals surface area contributed by atoms with E-state index in [1.54, 1.807) is 0 Å². The number of nitrogens with zero attached hydrogens (tertiary/aromatic N) is 1. The second kappa shape index (κ2) is 9.23. The van der Waals surface area contributed by atoms with Crippen molar-refractivity contribution in [2.75, 3.05) is 18.0 Å². The number of halogens is 3. The number of hydrogen-bond acceptors (Lipinski definition) is 3. The number of carbonyl (C=O) groups excluding carboxylic acids is 1. The molecule has 3 aromatic carbocycles. The van der Waals surface area contributed by atoms with Crippen molar-refractivity contribution in [2.45, 2.75) is 31.5 Å². The van der Waals surface area contributed by atoms with E-state index in [2.05, 4.69) is 59.9 Å². The minimum absolute atomic E-state index is 0.167. The maximum Gasteiger partial charge on any atom is 0.490 e. The van der Waals surface area contributed by atoms with Gasteiger partial charge in [-0.1, -0.05) is 54.6 Å². The fourth-order valence-electron chi connectivity index (χ4n) is 4.52. The number of carbonyl (C=O) groups is 2. The molecular formula is C25H23F3N2O3. The Morgan fingerprint density at radius 3 is 2.39 bits per heavy atom. The first-order chi connectivity index (χ1) is 15.8. The van der Waals surface area contributed by atoms with Gasteiger partial charge in [0.05, 0.1) is 6.54 Å². The molecule has 1 atom stereocenters. The van der Waals surface area contributed by atoms with E-state index in [0.29, 0.717) is 6.54 Å². The smallest absolute Gasteiger partial charge is 0.475 e. The van der Waals surface area contributed by atoms with E-state index < -0.39 is 12.1 Å². The van der Waals surface area contributed by atoms with Crippen molar-refractivity contribution in [3.63, 3.8) is 0 Å². The lowest BCUT2D eigenvalue weighted by molar-refractivity contribution is -0.192. The average Bonchev–Trinajstić information content (AvgIpc) is 3.16. The van der Waals surface area contributed by atoms with Crippen LogP contribution in [0.5, 0.6) is 0 Å². The van der Waals surface area contributed by atoms with Crippen molar-refractivity contribution in [3.05, 3.63) is 77.4 Å². The van der Waals surface area contributed by atoms with Gasteiger partial charge in [-0.25, -0.2) is 4.79 Å². The maximum atomic E-state index is 12.9. The highest BCUT2D eigenvalue weighted by Crippen LogP contribution is 2.36. The van der Waals surface area contributed by atoms with Crippen molar-refractivity contribution >= 4 is 28.3 Å². The number of hydrogen-bond donors (Lipinski definition) is 2. The summed E-state index contributed by atoms with van der Waals surface area (Å²) in [4.78, 5) is 23.7. The Bertz CT molecular complexity index is 1190. The summed E-state index contributed by atoms with van der Waals surface area (Å²) in [5.74, 6) is -2.59. The molecule has 33 heavy (non-hydrogen) atoms. The Morgan fingerprint density at radius 2 is 1.67 bits per heavy atom. The zero-order valence-corrected chi connectivity index (χ0v) is 17.7. The van der Waals surface area contributed by atoms with Crippen LogP contribution in [0, 0.1) is 0 Å². The average molecular weight is 456 g/mol. The topological polar surface area (TPSA) is 69.6 Å². The quantitative estimate of drug-likeness (QED) is 0.603. The minimum atomic E-state index is -5.08. The molecular weight excluding hydrogens is 433 g/mol. The number of fused-ring (bicyclic) bond motifs is 1. The molecule has 1 aliphatic heterocycles. The summed E-state index contributed by atoms with van der Waals surface area (Å²) in [6.45, 7) is 1.20. The van der Waals surface area contributed by atoms with Crippen LogP contribution in [-0.2, 0) is 22.4 Å². The first-order valence-corrected chi connectivity index (χ1v) is 10.7. The van der Waals surface area contributed by atoms with E-state index in [-0.39, 0.29) is 11.9 Å². The molecule has 5 rings (SSSR count). The normalized spacial score (nSPS) is 16.7. The summed E-state index contributed by atoms with van der Waals surface area (Å²) in [6.07, 6.45) is -2.02. The van der Waals surface area contributed by atoms with E-state index >= 15 is 0 Å². The SMILES string of the molecule is O=C(CNC1Cc2cccc3cccc1c23)N1CCCc2ccccc21.O=C(O)C(F)(F)F. The van der Waals surface area contributed by atoms with Crippen LogP contribution in [0.25, 0.3) is 10.8 Å². The van der Waals surface area contributed by atoms with Crippen LogP contribution >= 0.6 is 0 Å². The predicted octanol–water partition coefficient (Wildman–Crippen LogP) is 4.64. The summed E-state index contributed by atoms with van der Waals surface area (Å²) in [5, 5.41) is 13.3. The first kappa shape index (κ1) is 22.8. The third kappa shape index (κ3) is 4.85. The minimum Gasteiger partial charge on any atom is -0.475 e. The number of alkyl halides is 3. The standard InChI is InChI=1S/C23H22N2O.C2HF3O2/c26-22(25-13-5-10-16-6-1-2-12-21(16)25)15-24-20-14-18-9-3-7-17-8-4-11-19(20)23(17)18;3-2(4,5)1(6)7/h1-4,6-9,11-12,20,24H,5,10,13-15H2;(H,6,7). The monoisotopic (exact) mass is 456 g/mol. The molecule has 0 aromatic heterocycles. The van der Waals surface area contributed by atoms with Gasteiger partial charge >= 0.3 is 12.1 Å². The number of benzene rings is 3. The van der Waals surface area contributed by atoms with Crippen LogP contribution < -0.4 is 10.2 Å². The first-order valence-electron chi connectivity index (χ1n) is 10.7. The van der Waals surface area contributed by atoms with Gasteiger partial charge in [0.1, 0.15) is 0 Å². The molecule has 1 heterocycles. The molecule has 1 unspecified atom stereocenters. The number of carboxylic acid groups (broad SMARTS) is 1. The zero-order valence-electron chi connectivity index (χ0n) is 17.7. The van der Waals surface area contributed by atoms with Crippen molar-refractivity contribution in [1.82, 2.24) is 5.32 Å². The second-order valence-corrected chi connectivity index (χ2v) is 8.08. The molecule has 5 nitrogen and oxygen atoms in total. The van der Waals surface area contributed by atoms with E-state index in [9.17, 15) is 18.0 Å². The number of nitrogens with one attached hydrogen (secondary N) is 1. The van der Waals surface area contributed by atoms with Gasteiger partial charge in [0, 0.05) is 18.3 Å². The summed E-state index contributed by atoms with van der Waals surface area (Å²) in [5.41, 5.74) is 5.07. The lowest BCUT2D eigenvalue weighted by atomic mass is 10.0. The summed E-state index contributed by atoms with van der Waals surface area (Å²) >= 11 is 0. The van der Waals surface area contributed by atoms with Gasteiger partial charge in [0.15, 0.2) is 0 Å². The van der Waals surface area contributed by atoms with Gasteiger partial charge in [0.25, 0.3) is 0 Å². The molecule has 0 spiro atoms.